The summed E-state index contributed by atoms with van der Waals surface area (Å²) in [6.45, 7) is 0.775. The molecule has 0 bridgehead atoms. The van der Waals surface area contributed by atoms with E-state index in [9.17, 15) is 5.11 Å². The highest BCUT2D eigenvalue weighted by atomic mass is 35.5. The van der Waals surface area contributed by atoms with Crippen molar-refractivity contribution >= 4 is 11.6 Å². The molecule has 16 heavy (non-hydrogen) atoms. The van der Waals surface area contributed by atoms with Gasteiger partial charge in [-0.15, -0.1) is 0 Å². The largest absolute Gasteiger partial charge is 0.390 e. The van der Waals surface area contributed by atoms with Crippen LogP contribution in [0.5, 0.6) is 0 Å². The minimum atomic E-state index is -0.418. The van der Waals surface area contributed by atoms with Crippen LogP contribution in [-0.4, -0.2) is 23.9 Å². The lowest BCUT2D eigenvalue weighted by Crippen LogP contribution is -2.33. The van der Waals surface area contributed by atoms with Gasteiger partial charge in [-0.1, -0.05) is 23.7 Å². The van der Waals surface area contributed by atoms with Crippen molar-refractivity contribution in [2.75, 3.05) is 6.61 Å². The van der Waals surface area contributed by atoms with Crippen molar-refractivity contribution in [3.8, 4) is 0 Å². The van der Waals surface area contributed by atoms with Gasteiger partial charge in [-0.25, -0.2) is 0 Å². The number of halogens is 1. The lowest BCUT2D eigenvalue weighted by atomic mass is 9.98. The van der Waals surface area contributed by atoms with Crippen molar-refractivity contribution in [1.29, 1.82) is 0 Å². The Morgan fingerprint density at radius 3 is 3.00 bits per heavy atom. The molecule has 1 saturated heterocycles. The molecule has 1 aromatic rings. The van der Waals surface area contributed by atoms with E-state index in [4.69, 9.17) is 16.3 Å². The number of benzene rings is 1. The van der Waals surface area contributed by atoms with Crippen LogP contribution in [0.15, 0.2) is 24.3 Å². The first kappa shape index (κ1) is 11.9. The van der Waals surface area contributed by atoms with Gasteiger partial charge >= 0.3 is 0 Å². The van der Waals surface area contributed by atoms with Crippen molar-refractivity contribution in [1.82, 2.24) is 0 Å². The number of aliphatic hydroxyl groups excluding tert-OH is 1. The van der Waals surface area contributed by atoms with Crippen LogP contribution in [0.4, 0.5) is 0 Å². The zero-order chi connectivity index (χ0) is 11.4. The SMILES string of the molecule is OC(Cc1cccc(Cl)c1)C1CCCCO1. The molecule has 1 fully saturated rings. The average Bonchev–Trinajstić information content (AvgIpc) is 2.30. The smallest absolute Gasteiger partial charge is 0.0842 e. The van der Waals surface area contributed by atoms with Crippen molar-refractivity contribution in [3.05, 3.63) is 34.9 Å². The third-order valence-corrected chi connectivity index (χ3v) is 3.21. The standard InChI is InChI=1S/C13H17ClO2/c14-11-5-3-4-10(8-11)9-12(15)13-6-1-2-7-16-13/h3-5,8,12-13,15H,1-2,6-7,9H2. The average molecular weight is 241 g/mol. The minimum absolute atomic E-state index is 0.00673. The van der Waals surface area contributed by atoms with Crippen molar-refractivity contribution < 1.29 is 9.84 Å². The molecule has 2 unspecified atom stereocenters. The fourth-order valence-corrected chi connectivity index (χ4v) is 2.32. The number of aliphatic hydroxyl groups is 1. The number of ether oxygens (including phenoxy) is 1. The summed E-state index contributed by atoms with van der Waals surface area (Å²) in [6, 6.07) is 7.63. The normalized spacial score (nSPS) is 23.0. The molecule has 2 atom stereocenters. The molecular formula is C13H17ClO2. The second-order valence-corrected chi connectivity index (χ2v) is 4.74. The summed E-state index contributed by atoms with van der Waals surface area (Å²) in [7, 11) is 0. The van der Waals surface area contributed by atoms with Crippen LogP contribution in [0.1, 0.15) is 24.8 Å². The fraction of sp³-hybridized carbons (Fsp3) is 0.538. The van der Waals surface area contributed by atoms with E-state index in [1.54, 1.807) is 0 Å². The third kappa shape index (κ3) is 3.21. The molecule has 0 spiro atoms. The molecule has 0 aromatic heterocycles. The van der Waals surface area contributed by atoms with E-state index in [-0.39, 0.29) is 6.10 Å². The Balaban J connectivity index is 1.93. The first-order valence-corrected chi connectivity index (χ1v) is 6.17. The molecule has 3 heteroatoms. The van der Waals surface area contributed by atoms with Crippen LogP contribution < -0.4 is 0 Å². The Morgan fingerprint density at radius 1 is 1.44 bits per heavy atom. The van der Waals surface area contributed by atoms with E-state index >= 15 is 0 Å². The summed E-state index contributed by atoms with van der Waals surface area (Å²) >= 11 is 5.90. The van der Waals surface area contributed by atoms with Gasteiger partial charge in [-0.3, -0.25) is 0 Å². The quantitative estimate of drug-likeness (QED) is 0.881. The lowest BCUT2D eigenvalue weighted by molar-refractivity contribution is -0.0611. The van der Waals surface area contributed by atoms with Crippen molar-refractivity contribution in [2.45, 2.75) is 37.9 Å². The van der Waals surface area contributed by atoms with Gasteiger partial charge in [0.05, 0.1) is 12.2 Å². The van der Waals surface area contributed by atoms with Crippen LogP contribution in [0.2, 0.25) is 5.02 Å². The molecule has 0 saturated carbocycles. The molecule has 88 valence electrons. The predicted molar refractivity (Wildman–Crippen MR) is 64.8 cm³/mol. The Labute approximate surface area is 101 Å². The molecular weight excluding hydrogens is 224 g/mol. The zero-order valence-corrected chi connectivity index (χ0v) is 9.99. The van der Waals surface area contributed by atoms with Gasteiger partial charge in [0.1, 0.15) is 0 Å². The monoisotopic (exact) mass is 240 g/mol. The Kier molecular flexibility index (Phi) is 4.22. The topological polar surface area (TPSA) is 29.5 Å². The van der Waals surface area contributed by atoms with E-state index in [0.29, 0.717) is 11.4 Å². The van der Waals surface area contributed by atoms with Gasteiger partial charge in [0.25, 0.3) is 0 Å². The van der Waals surface area contributed by atoms with Gasteiger partial charge in [-0.2, -0.15) is 0 Å². The molecule has 2 nitrogen and oxygen atoms in total. The number of hydrogen-bond acceptors (Lipinski definition) is 2. The Hall–Kier alpha value is -0.570. The molecule has 1 aliphatic heterocycles. The van der Waals surface area contributed by atoms with E-state index < -0.39 is 6.10 Å². The molecule has 1 N–H and O–H groups in total. The number of hydrogen-bond donors (Lipinski definition) is 1. The number of rotatable bonds is 3. The van der Waals surface area contributed by atoms with Crippen LogP contribution in [-0.2, 0) is 11.2 Å². The summed E-state index contributed by atoms with van der Waals surface area (Å²) < 4.78 is 5.56. The maximum absolute atomic E-state index is 10.1. The summed E-state index contributed by atoms with van der Waals surface area (Å²) in [5, 5.41) is 10.8. The molecule has 1 aromatic carbocycles. The molecule has 0 radical (unpaired) electrons. The second-order valence-electron chi connectivity index (χ2n) is 4.31. The van der Waals surface area contributed by atoms with Gasteiger partial charge in [0, 0.05) is 18.1 Å². The molecule has 0 aliphatic carbocycles. The molecule has 2 rings (SSSR count). The van der Waals surface area contributed by atoms with Crippen LogP contribution in [0.3, 0.4) is 0 Å². The highest BCUT2D eigenvalue weighted by molar-refractivity contribution is 6.30. The molecule has 0 amide bonds. The maximum Gasteiger partial charge on any atom is 0.0842 e. The highest BCUT2D eigenvalue weighted by Crippen LogP contribution is 2.19. The first-order valence-electron chi connectivity index (χ1n) is 5.80. The highest BCUT2D eigenvalue weighted by Gasteiger charge is 2.22. The van der Waals surface area contributed by atoms with Crippen LogP contribution in [0, 0.1) is 0 Å². The summed E-state index contributed by atoms with van der Waals surface area (Å²) in [4.78, 5) is 0. The van der Waals surface area contributed by atoms with Crippen molar-refractivity contribution in [3.63, 3.8) is 0 Å². The maximum atomic E-state index is 10.1. The van der Waals surface area contributed by atoms with Gasteiger partial charge in [-0.05, 0) is 37.0 Å². The van der Waals surface area contributed by atoms with Gasteiger partial charge in [0.2, 0.25) is 0 Å². The van der Waals surface area contributed by atoms with E-state index in [1.165, 1.54) is 0 Å². The Bertz CT molecular complexity index is 334. The predicted octanol–water partition coefficient (Wildman–Crippen LogP) is 2.81. The van der Waals surface area contributed by atoms with E-state index in [1.807, 2.05) is 24.3 Å². The lowest BCUT2D eigenvalue weighted by Gasteiger charge is -2.27. The van der Waals surface area contributed by atoms with Gasteiger partial charge in [0.15, 0.2) is 0 Å². The summed E-state index contributed by atoms with van der Waals surface area (Å²) in [5.41, 5.74) is 1.06. The third-order valence-electron chi connectivity index (χ3n) is 2.98. The van der Waals surface area contributed by atoms with Crippen molar-refractivity contribution in [2.24, 2.45) is 0 Å². The fourth-order valence-electron chi connectivity index (χ4n) is 2.11. The molecule has 1 aliphatic rings. The second kappa shape index (κ2) is 5.67. The van der Waals surface area contributed by atoms with E-state index in [0.717, 1.165) is 31.4 Å². The van der Waals surface area contributed by atoms with E-state index in [2.05, 4.69) is 0 Å². The zero-order valence-electron chi connectivity index (χ0n) is 9.23. The minimum Gasteiger partial charge on any atom is -0.390 e. The molecule has 1 heterocycles. The van der Waals surface area contributed by atoms with Crippen LogP contribution >= 0.6 is 11.6 Å². The van der Waals surface area contributed by atoms with Crippen LogP contribution in [0.25, 0.3) is 0 Å². The summed E-state index contributed by atoms with van der Waals surface area (Å²) in [6.07, 6.45) is 3.41. The summed E-state index contributed by atoms with van der Waals surface area (Å²) in [5.74, 6) is 0. The Morgan fingerprint density at radius 2 is 2.31 bits per heavy atom. The van der Waals surface area contributed by atoms with Gasteiger partial charge < -0.3 is 9.84 Å². The first-order chi connectivity index (χ1) is 7.75.